The number of carbonyl (C=O) groups is 1. The maximum absolute atomic E-state index is 12.6. The zero-order valence-electron chi connectivity index (χ0n) is 17.1. The number of hydrogen-bond donors (Lipinski definition) is 3. The van der Waals surface area contributed by atoms with Gasteiger partial charge in [-0.25, -0.2) is 0 Å². The van der Waals surface area contributed by atoms with Crippen molar-refractivity contribution in [2.24, 2.45) is 5.92 Å². The molecule has 5 heteroatoms. The van der Waals surface area contributed by atoms with Gasteiger partial charge in [0.1, 0.15) is 17.6 Å². The van der Waals surface area contributed by atoms with E-state index in [9.17, 15) is 20.1 Å². The summed E-state index contributed by atoms with van der Waals surface area (Å²) in [6.07, 6.45) is 4.07. The van der Waals surface area contributed by atoms with Crippen LogP contribution >= 0.6 is 0 Å². The Morgan fingerprint density at radius 2 is 1.97 bits per heavy atom. The molecule has 2 aromatic carbocycles. The predicted molar refractivity (Wildman–Crippen MR) is 112 cm³/mol. The molecule has 2 aromatic rings. The standard InChI is InChI=1S/C24H28O5/c1-14(2)4-5-15(3)6-8-18-17(10-11-20(26)24(18)28)23-13-21(27)19-9-7-16(25)12-22(19)29-23/h6-7,9-12,14,23,25-26,28H,4-5,8,13H2,1-3H3/b15-6+/t23-/m0/s1. The molecule has 0 spiro atoms. The number of phenolic OH excluding ortho intramolecular Hbond substituents is 3. The first-order valence-corrected chi connectivity index (χ1v) is 9.98. The Morgan fingerprint density at radius 3 is 2.69 bits per heavy atom. The molecule has 1 heterocycles. The maximum atomic E-state index is 12.6. The Morgan fingerprint density at radius 1 is 1.21 bits per heavy atom. The van der Waals surface area contributed by atoms with Gasteiger partial charge in [-0.1, -0.05) is 31.6 Å². The summed E-state index contributed by atoms with van der Waals surface area (Å²) in [4.78, 5) is 12.6. The molecule has 29 heavy (non-hydrogen) atoms. The van der Waals surface area contributed by atoms with Crippen LogP contribution in [0.3, 0.4) is 0 Å². The molecule has 0 saturated carbocycles. The van der Waals surface area contributed by atoms with E-state index >= 15 is 0 Å². The monoisotopic (exact) mass is 396 g/mol. The van der Waals surface area contributed by atoms with Crippen LogP contribution in [0.2, 0.25) is 0 Å². The highest BCUT2D eigenvalue weighted by Gasteiger charge is 2.30. The van der Waals surface area contributed by atoms with Crippen LogP contribution in [-0.4, -0.2) is 21.1 Å². The molecule has 0 saturated heterocycles. The minimum atomic E-state index is -0.595. The number of rotatable bonds is 6. The van der Waals surface area contributed by atoms with Gasteiger partial charge in [-0.05, 0) is 50.3 Å². The largest absolute Gasteiger partial charge is 0.508 e. The quantitative estimate of drug-likeness (QED) is 0.447. The van der Waals surface area contributed by atoms with Gasteiger partial charge >= 0.3 is 0 Å². The van der Waals surface area contributed by atoms with E-state index < -0.39 is 6.10 Å². The zero-order chi connectivity index (χ0) is 21.1. The smallest absolute Gasteiger partial charge is 0.170 e. The van der Waals surface area contributed by atoms with Gasteiger partial charge in [-0.3, -0.25) is 4.79 Å². The number of carbonyl (C=O) groups excluding carboxylic acids is 1. The molecule has 1 aliphatic rings. The molecular formula is C24H28O5. The number of hydrogen-bond acceptors (Lipinski definition) is 5. The molecule has 0 unspecified atom stereocenters. The van der Waals surface area contributed by atoms with Crippen LogP contribution in [0.5, 0.6) is 23.0 Å². The molecule has 0 fully saturated rings. The lowest BCUT2D eigenvalue weighted by Gasteiger charge is -2.27. The third-order valence-corrected chi connectivity index (χ3v) is 5.32. The van der Waals surface area contributed by atoms with Crippen molar-refractivity contribution in [1.82, 2.24) is 0 Å². The van der Waals surface area contributed by atoms with Crippen molar-refractivity contribution in [3.63, 3.8) is 0 Å². The molecule has 0 aliphatic carbocycles. The molecule has 5 nitrogen and oxygen atoms in total. The van der Waals surface area contributed by atoms with E-state index in [1.807, 2.05) is 6.08 Å². The first kappa shape index (κ1) is 20.8. The summed E-state index contributed by atoms with van der Waals surface area (Å²) in [6, 6.07) is 7.54. The summed E-state index contributed by atoms with van der Waals surface area (Å²) in [5.74, 6) is 0.494. The fraction of sp³-hybridized carbons (Fsp3) is 0.375. The second kappa shape index (κ2) is 8.60. The molecule has 0 amide bonds. The first-order valence-electron chi connectivity index (χ1n) is 9.98. The molecule has 0 bridgehead atoms. The van der Waals surface area contributed by atoms with Crippen LogP contribution in [0.1, 0.15) is 67.6 Å². The third kappa shape index (κ3) is 4.73. The minimum Gasteiger partial charge on any atom is -0.508 e. The normalized spacial score (nSPS) is 16.6. The van der Waals surface area contributed by atoms with Crippen molar-refractivity contribution in [3.8, 4) is 23.0 Å². The van der Waals surface area contributed by atoms with Gasteiger partial charge in [0, 0.05) is 17.2 Å². The fourth-order valence-corrected chi connectivity index (χ4v) is 3.54. The first-order chi connectivity index (χ1) is 13.8. The Bertz CT molecular complexity index is 943. The Kier molecular flexibility index (Phi) is 6.16. The van der Waals surface area contributed by atoms with Crippen LogP contribution in [0.25, 0.3) is 0 Å². The highest BCUT2D eigenvalue weighted by Crippen LogP contribution is 2.41. The topological polar surface area (TPSA) is 87.0 Å². The summed E-state index contributed by atoms with van der Waals surface area (Å²) in [5.41, 5.74) is 2.86. The average molecular weight is 396 g/mol. The summed E-state index contributed by atoms with van der Waals surface area (Å²) in [7, 11) is 0. The fourth-order valence-electron chi connectivity index (χ4n) is 3.54. The molecule has 0 radical (unpaired) electrons. The highest BCUT2D eigenvalue weighted by atomic mass is 16.5. The van der Waals surface area contributed by atoms with E-state index in [-0.39, 0.29) is 29.5 Å². The van der Waals surface area contributed by atoms with Crippen LogP contribution in [-0.2, 0) is 6.42 Å². The van der Waals surface area contributed by atoms with Crippen molar-refractivity contribution >= 4 is 5.78 Å². The van der Waals surface area contributed by atoms with E-state index in [0.29, 0.717) is 34.8 Å². The number of benzene rings is 2. The van der Waals surface area contributed by atoms with Gasteiger partial charge in [-0.15, -0.1) is 0 Å². The lowest BCUT2D eigenvalue weighted by Crippen LogP contribution is -2.21. The molecule has 3 rings (SSSR count). The van der Waals surface area contributed by atoms with Crippen LogP contribution < -0.4 is 4.74 Å². The van der Waals surface area contributed by atoms with Gasteiger partial charge < -0.3 is 20.1 Å². The SMILES string of the molecule is C/C(=C\Cc1c([C@@H]2CC(=O)c3ccc(O)cc3O2)ccc(O)c1O)CCC(C)C. The van der Waals surface area contributed by atoms with Crippen molar-refractivity contribution < 1.29 is 24.9 Å². The van der Waals surface area contributed by atoms with E-state index in [4.69, 9.17) is 4.74 Å². The maximum Gasteiger partial charge on any atom is 0.170 e. The zero-order valence-corrected chi connectivity index (χ0v) is 17.1. The number of ketones is 1. The molecule has 0 aromatic heterocycles. The van der Waals surface area contributed by atoms with E-state index in [2.05, 4.69) is 20.8 Å². The number of Topliss-reactive ketones (excluding diaryl/α,β-unsaturated/α-hetero) is 1. The van der Waals surface area contributed by atoms with Crippen molar-refractivity contribution in [2.45, 2.75) is 52.6 Å². The second-order valence-corrected chi connectivity index (χ2v) is 8.10. The lowest BCUT2D eigenvalue weighted by molar-refractivity contribution is 0.0848. The van der Waals surface area contributed by atoms with E-state index in [0.717, 1.165) is 12.8 Å². The Balaban J connectivity index is 1.91. The molecular weight excluding hydrogens is 368 g/mol. The van der Waals surface area contributed by atoms with Crippen LogP contribution in [0.15, 0.2) is 42.0 Å². The number of aromatic hydroxyl groups is 3. The van der Waals surface area contributed by atoms with Gasteiger partial charge in [0.25, 0.3) is 0 Å². The van der Waals surface area contributed by atoms with Crippen molar-refractivity contribution in [2.75, 3.05) is 0 Å². The van der Waals surface area contributed by atoms with Gasteiger partial charge in [-0.2, -0.15) is 0 Å². The summed E-state index contributed by atoms with van der Waals surface area (Å²) in [6.45, 7) is 6.42. The van der Waals surface area contributed by atoms with Gasteiger partial charge in [0.05, 0.1) is 12.0 Å². The summed E-state index contributed by atoms with van der Waals surface area (Å²) < 4.78 is 6.00. The number of fused-ring (bicyclic) bond motifs is 1. The third-order valence-electron chi connectivity index (χ3n) is 5.32. The Labute approximate surface area is 171 Å². The average Bonchev–Trinajstić information content (AvgIpc) is 2.66. The highest BCUT2D eigenvalue weighted by molar-refractivity contribution is 6.00. The number of ether oxygens (including phenoxy) is 1. The molecule has 154 valence electrons. The molecule has 1 aliphatic heterocycles. The summed E-state index contributed by atoms with van der Waals surface area (Å²) in [5, 5.41) is 30.2. The lowest BCUT2D eigenvalue weighted by atomic mass is 9.91. The Hall–Kier alpha value is -2.95. The number of phenols is 3. The predicted octanol–water partition coefficient (Wildman–Crippen LogP) is 5.43. The molecule has 3 N–H and O–H groups in total. The van der Waals surface area contributed by atoms with E-state index in [1.54, 1.807) is 12.1 Å². The van der Waals surface area contributed by atoms with Gasteiger partial charge in [0.2, 0.25) is 0 Å². The summed E-state index contributed by atoms with van der Waals surface area (Å²) >= 11 is 0. The van der Waals surface area contributed by atoms with Crippen LogP contribution in [0.4, 0.5) is 0 Å². The van der Waals surface area contributed by atoms with Crippen LogP contribution in [0, 0.1) is 5.92 Å². The van der Waals surface area contributed by atoms with Gasteiger partial charge in [0.15, 0.2) is 17.3 Å². The van der Waals surface area contributed by atoms with Crippen molar-refractivity contribution in [3.05, 3.63) is 58.7 Å². The number of allylic oxidation sites excluding steroid dienone is 2. The van der Waals surface area contributed by atoms with Crippen molar-refractivity contribution in [1.29, 1.82) is 0 Å². The minimum absolute atomic E-state index is 0.0229. The van der Waals surface area contributed by atoms with E-state index in [1.165, 1.54) is 23.8 Å². The second-order valence-electron chi connectivity index (χ2n) is 8.10. The molecule has 1 atom stereocenters.